The van der Waals surface area contributed by atoms with Crippen LogP contribution in [0.2, 0.25) is 0 Å². The van der Waals surface area contributed by atoms with Crippen LogP contribution in [0.25, 0.3) is 21.8 Å². The summed E-state index contributed by atoms with van der Waals surface area (Å²) in [5, 5.41) is 17.1. The monoisotopic (exact) mass is 706 g/mol. The number of rotatable bonds is 5. The van der Waals surface area contributed by atoms with E-state index in [0.717, 1.165) is 76.0 Å². The summed E-state index contributed by atoms with van der Waals surface area (Å²) in [6.07, 6.45) is 5.33. The van der Waals surface area contributed by atoms with E-state index in [0.29, 0.717) is 25.8 Å². The molecule has 10 heteroatoms. The molecule has 0 radical (unpaired) electrons. The molecule has 2 aromatic heterocycles. The minimum Gasteiger partial charge on any atom is -0.496 e. The number of nitrogens with zero attached hydrogens (tertiary/aromatic N) is 1. The second kappa shape index (κ2) is 12.5. The number of fused-ring (bicyclic) bond motifs is 9. The summed E-state index contributed by atoms with van der Waals surface area (Å²) in [5.41, 5.74) is 7.74. The van der Waals surface area contributed by atoms with Crippen molar-refractivity contribution < 1.29 is 28.9 Å². The van der Waals surface area contributed by atoms with Crippen molar-refractivity contribution in [2.45, 2.75) is 75.5 Å². The molecule has 52 heavy (non-hydrogen) atoms. The Hall–Kier alpha value is -4.12. The van der Waals surface area contributed by atoms with Crippen LogP contribution >= 0.6 is 0 Å². The summed E-state index contributed by atoms with van der Waals surface area (Å²) >= 11 is 0. The summed E-state index contributed by atoms with van der Waals surface area (Å²) in [7, 11) is 4.72. The van der Waals surface area contributed by atoms with E-state index < -0.39 is 11.5 Å². The number of piperidine rings is 3. The van der Waals surface area contributed by atoms with Crippen molar-refractivity contribution in [3.05, 3.63) is 76.1 Å². The lowest BCUT2D eigenvalue weighted by Gasteiger charge is -2.58. The van der Waals surface area contributed by atoms with E-state index in [4.69, 9.17) is 14.2 Å². The lowest BCUT2D eigenvalue weighted by atomic mass is 9.56. The van der Waals surface area contributed by atoms with Gasteiger partial charge in [0.15, 0.2) is 0 Å². The van der Waals surface area contributed by atoms with E-state index in [2.05, 4.69) is 69.6 Å². The summed E-state index contributed by atoms with van der Waals surface area (Å²) in [6.45, 7) is 6.39. The van der Waals surface area contributed by atoms with Crippen LogP contribution in [0.3, 0.4) is 0 Å². The molecular formula is C42H50N4O6. The van der Waals surface area contributed by atoms with Gasteiger partial charge in [-0.05, 0) is 87.1 Å². The van der Waals surface area contributed by atoms with Crippen molar-refractivity contribution >= 4 is 33.7 Å². The maximum atomic E-state index is 14.4. The van der Waals surface area contributed by atoms with Crippen LogP contribution in [0.5, 0.6) is 5.75 Å². The molecule has 4 N–H and O–H groups in total. The zero-order valence-electron chi connectivity index (χ0n) is 30.8. The predicted molar refractivity (Wildman–Crippen MR) is 199 cm³/mol. The summed E-state index contributed by atoms with van der Waals surface area (Å²) in [5.74, 6) is -0.0127. The molecular weight excluding hydrogens is 656 g/mol. The molecule has 0 spiro atoms. The number of aliphatic hydroxyl groups excluding tert-OH is 1. The van der Waals surface area contributed by atoms with Gasteiger partial charge in [-0.2, -0.15) is 0 Å². The van der Waals surface area contributed by atoms with Gasteiger partial charge in [-0.15, -0.1) is 0 Å². The molecule has 2 unspecified atom stereocenters. The fourth-order valence-corrected chi connectivity index (χ4v) is 11.8. The van der Waals surface area contributed by atoms with Gasteiger partial charge in [0.25, 0.3) is 0 Å². The van der Waals surface area contributed by atoms with Gasteiger partial charge in [-0.1, -0.05) is 29.8 Å². The Morgan fingerprint density at radius 3 is 2.62 bits per heavy atom. The molecule has 4 aromatic rings. The molecule has 2 aliphatic carbocycles. The van der Waals surface area contributed by atoms with Crippen molar-refractivity contribution in [2.24, 2.45) is 23.7 Å². The molecule has 2 aromatic carbocycles. The smallest absolute Gasteiger partial charge is 0.319 e. The molecule has 10 atom stereocenters. The van der Waals surface area contributed by atoms with E-state index in [9.17, 15) is 14.7 Å². The van der Waals surface area contributed by atoms with Crippen LogP contribution in [0.15, 0.2) is 48.0 Å². The first kappa shape index (κ1) is 33.7. The number of hydrogen-bond acceptors (Lipinski definition) is 8. The van der Waals surface area contributed by atoms with Crippen molar-refractivity contribution in [2.75, 3.05) is 41.0 Å². The third-order valence-corrected chi connectivity index (χ3v) is 13.8. The van der Waals surface area contributed by atoms with Crippen LogP contribution in [0.4, 0.5) is 0 Å². The molecule has 3 saturated heterocycles. The zero-order valence-corrected chi connectivity index (χ0v) is 30.8. The lowest BCUT2D eigenvalue weighted by Crippen LogP contribution is -2.68. The van der Waals surface area contributed by atoms with Crippen LogP contribution in [-0.2, 0) is 37.3 Å². The number of carbonyl (C=O) groups is 2. The Labute approximate surface area is 304 Å². The number of carbonyl (C=O) groups excluding carboxylic acids is 2. The van der Waals surface area contributed by atoms with Gasteiger partial charge < -0.3 is 34.6 Å². The maximum Gasteiger partial charge on any atom is 0.319 e. The van der Waals surface area contributed by atoms with Crippen molar-refractivity contribution in [1.29, 1.82) is 0 Å². The van der Waals surface area contributed by atoms with Gasteiger partial charge in [-0.25, -0.2) is 0 Å². The molecule has 6 aliphatic rings. The molecule has 6 bridgehead atoms. The molecule has 274 valence electrons. The Balaban J connectivity index is 1.32. The van der Waals surface area contributed by atoms with Crippen LogP contribution in [-0.4, -0.2) is 91.1 Å². The summed E-state index contributed by atoms with van der Waals surface area (Å²) < 4.78 is 17.5. The minimum atomic E-state index is -0.934. The first-order chi connectivity index (χ1) is 25.2. The highest BCUT2D eigenvalue weighted by molar-refractivity contribution is 5.95. The Bertz CT molecular complexity index is 2110. The van der Waals surface area contributed by atoms with E-state index in [-0.39, 0.29) is 53.6 Å². The molecule has 4 aliphatic heterocycles. The van der Waals surface area contributed by atoms with Gasteiger partial charge in [-0.3, -0.25) is 14.5 Å². The number of aromatic amines is 2. The topological polar surface area (TPSA) is 129 Å². The zero-order chi connectivity index (χ0) is 36.1. The van der Waals surface area contributed by atoms with Gasteiger partial charge in [0.05, 0.1) is 38.9 Å². The normalized spacial score (nSPS) is 33.5. The fraction of sp³-hybridized carbons (Fsp3) is 0.524. The summed E-state index contributed by atoms with van der Waals surface area (Å²) in [6, 6.07) is 12.4. The molecule has 10 nitrogen and oxygen atoms in total. The van der Waals surface area contributed by atoms with Gasteiger partial charge in [0.2, 0.25) is 0 Å². The van der Waals surface area contributed by atoms with Crippen molar-refractivity contribution in [3.63, 3.8) is 0 Å². The average molecular weight is 707 g/mol. The van der Waals surface area contributed by atoms with Crippen molar-refractivity contribution in [3.8, 4) is 5.75 Å². The van der Waals surface area contributed by atoms with Crippen LogP contribution in [0, 0.1) is 23.7 Å². The number of aromatic nitrogens is 2. The Kier molecular flexibility index (Phi) is 8.10. The average Bonchev–Trinajstić information content (AvgIpc) is 3.70. The van der Waals surface area contributed by atoms with Crippen LogP contribution < -0.4 is 10.1 Å². The number of H-pyrrole nitrogens is 2. The predicted octanol–water partition coefficient (Wildman–Crippen LogP) is 5.12. The number of nitrogens with one attached hydrogen (secondary N) is 3. The number of allylic oxidation sites excluding steroid dienone is 1. The third-order valence-electron chi connectivity index (χ3n) is 13.8. The van der Waals surface area contributed by atoms with Crippen LogP contribution in [0.1, 0.15) is 67.1 Å². The van der Waals surface area contributed by atoms with Gasteiger partial charge >= 0.3 is 11.9 Å². The molecule has 1 saturated carbocycles. The number of benzene rings is 2. The van der Waals surface area contributed by atoms with Gasteiger partial charge in [0, 0.05) is 76.8 Å². The molecule has 0 amide bonds. The van der Waals surface area contributed by atoms with E-state index in [1.54, 1.807) is 7.11 Å². The number of para-hydroxylation sites is 1. The first-order valence-electron chi connectivity index (χ1n) is 19.0. The number of aliphatic hydroxyl groups is 1. The standard InChI is InChI=1S/C42H50N4O6/c1-6-23-19-43-32-17-29-24-9-7-8-10-31(24)44-36(29)30(16-28(23)34(32)40(48)51-4)35-33(50-3)12-11-25-26-13-14-46-20-22-15-27(21(2)47)39(46)42(18-22,41(49)52-5)38(26)45-37(25)35/h6-12,21-22,27-28,30,32,34,39,43-45,47H,13-20H2,1-5H3/b23-6-/t21-,22+,27+,28-,30-,32-,34?,39-,42+/m0/s1. The highest BCUT2D eigenvalue weighted by atomic mass is 16.5. The highest BCUT2D eigenvalue weighted by Crippen LogP contribution is 2.57. The molecule has 6 heterocycles. The molecule has 4 fully saturated rings. The third kappa shape index (κ3) is 4.66. The number of methoxy groups -OCH3 is 3. The number of hydrogen-bond donors (Lipinski definition) is 4. The number of ether oxygens (including phenoxy) is 3. The largest absolute Gasteiger partial charge is 0.496 e. The number of esters is 2. The van der Waals surface area contributed by atoms with Gasteiger partial charge in [0.1, 0.15) is 11.2 Å². The van der Waals surface area contributed by atoms with E-state index in [1.165, 1.54) is 25.4 Å². The second-order valence-corrected chi connectivity index (χ2v) is 16.0. The Morgan fingerprint density at radius 2 is 1.87 bits per heavy atom. The fourth-order valence-electron chi connectivity index (χ4n) is 11.8. The SMILES string of the molecule is C/C=C1/CN[C@H]2Cc3c([nH]c4ccccc34)[C@H](c3c(OC)ccc4c5c([nH]c34)[C@]3(C(=O)OC)C[C@H]4C[C@H]([C@H](C)O)[C@@H]3N(CC5)C4)C[C@@H]1C2C(=O)OC. The van der Waals surface area contributed by atoms with Crippen molar-refractivity contribution in [1.82, 2.24) is 20.2 Å². The minimum absolute atomic E-state index is 0.0418. The molecule has 10 rings (SSSR count). The highest BCUT2D eigenvalue weighted by Gasteiger charge is 2.64. The van der Waals surface area contributed by atoms with E-state index in [1.807, 2.05) is 6.92 Å². The second-order valence-electron chi connectivity index (χ2n) is 16.0. The van der Waals surface area contributed by atoms with E-state index >= 15 is 0 Å². The lowest BCUT2D eigenvalue weighted by molar-refractivity contribution is -0.166. The summed E-state index contributed by atoms with van der Waals surface area (Å²) in [4.78, 5) is 38.4. The first-order valence-corrected chi connectivity index (χ1v) is 19.0. The Morgan fingerprint density at radius 1 is 1.04 bits per heavy atom. The maximum absolute atomic E-state index is 14.4. The quantitative estimate of drug-likeness (QED) is 0.167.